The second kappa shape index (κ2) is 10.2. The summed E-state index contributed by atoms with van der Waals surface area (Å²) in [5.41, 5.74) is 0.974. The SMILES string of the molecule is CCOc1ccc(CC(=O)NCCN2CCN(C(=O)c3cccs3)CC2)cc1. The first-order valence-corrected chi connectivity index (χ1v) is 10.6. The maximum absolute atomic E-state index is 12.4. The maximum atomic E-state index is 12.4. The third kappa shape index (κ3) is 5.81. The van der Waals surface area contributed by atoms with Crippen LogP contribution in [-0.4, -0.2) is 67.5 Å². The van der Waals surface area contributed by atoms with Crippen molar-refractivity contribution in [1.29, 1.82) is 0 Å². The summed E-state index contributed by atoms with van der Waals surface area (Å²) in [6.07, 6.45) is 0.371. The Balaban J connectivity index is 1.33. The molecule has 1 aromatic heterocycles. The van der Waals surface area contributed by atoms with Crippen LogP contribution in [0.15, 0.2) is 41.8 Å². The number of carbonyl (C=O) groups excluding carboxylic acids is 2. The molecule has 1 fully saturated rings. The van der Waals surface area contributed by atoms with Gasteiger partial charge in [0.15, 0.2) is 0 Å². The van der Waals surface area contributed by atoms with Crippen LogP contribution in [0.2, 0.25) is 0 Å². The number of hydrogen-bond donors (Lipinski definition) is 1. The summed E-state index contributed by atoms with van der Waals surface area (Å²) in [7, 11) is 0. The van der Waals surface area contributed by atoms with E-state index in [1.54, 1.807) is 0 Å². The van der Waals surface area contributed by atoms with Gasteiger partial charge in [0.05, 0.1) is 17.9 Å². The van der Waals surface area contributed by atoms with Gasteiger partial charge in [-0.15, -0.1) is 11.3 Å². The predicted octanol–water partition coefficient (Wildman–Crippen LogP) is 2.26. The number of rotatable bonds is 8. The van der Waals surface area contributed by atoms with Crippen molar-refractivity contribution in [3.05, 3.63) is 52.2 Å². The number of ether oxygens (including phenoxy) is 1. The fraction of sp³-hybridized carbons (Fsp3) is 0.429. The van der Waals surface area contributed by atoms with Gasteiger partial charge in [-0.1, -0.05) is 18.2 Å². The Kier molecular flexibility index (Phi) is 7.45. The first-order valence-electron chi connectivity index (χ1n) is 9.69. The molecule has 0 saturated carbocycles. The minimum Gasteiger partial charge on any atom is -0.494 e. The number of nitrogens with zero attached hydrogens (tertiary/aromatic N) is 2. The lowest BCUT2D eigenvalue weighted by Crippen LogP contribution is -2.50. The summed E-state index contributed by atoms with van der Waals surface area (Å²) < 4.78 is 5.41. The van der Waals surface area contributed by atoms with Crippen molar-refractivity contribution in [3.63, 3.8) is 0 Å². The van der Waals surface area contributed by atoms with Crippen LogP contribution in [-0.2, 0) is 11.2 Å². The molecule has 1 aliphatic heterocycles. The quantitative estimate of drug-likeness (QED) is 0.737. The zero-order valence-corrected chi connectivity index (χ0v) is 17.0. The van der Waals surface area contributed by atoms with Gasteiger partial charge in [0, 0.05) is 39.3 Å². The minimum atomic E-state index is 0.0238. The van der Waals surface area contributed by atoms with Crippen molar-refractivity contribution in [2.45, 2.75) is 13.3 Å². The van der Waals surface area contributed by atoms with E-state index in [2.05, 4.69) is 10.2 Å². The van der Waals surface area contributed by atoms with E-state index in [-0.39, 0.29) is 11.8 Å². The van der Waals surface area contributed by atoms with Gasteiger partial charge in [0.2, 0.25) is 5.91 Å². The van der Waals surface area contributed by atoms with Crippen molar-refractivity contribution in [1.82, 2.24) is 15.1 Å². The Morgan fingerprint density at radius 2 is 1.86 bits per heavy atom. The highest BCUT2D eigenvalue weighted by Gasteiger charge is 2.22. The molecule has 1 aromatic carbocycles. The lowest BCUT2D eigenvalue weighted by Gasteiger charge is -2.34. The highest BCUT2D eigenvalue weighted by molar-refractivity contribution is 7.12. The van der Waals surface area contributed by atoms with Crippen molar-refractivity contribution in [2.24, 2.45) is 0 Å². The van der Waals surface area contributed by atoms with E-state index in [4.69, 9.17) is 4.74 Å². The molecule has 1 N–H and O–H groups in total. The van der Waals surface area contributed by atoms with Gasteiger partial charge in [-0.3, -0.25) is 14.5 Å². The highest BCUT2D eigenvalue weighted by atomic mass is 32.1. The van der Waals surface area contributed by atoms with Crippen LogP contribution in [0.1, 0.15) is 22.2 Å². The van der Waals surface area contributed by atoms with E-state index in [0.29, 0.717) is 19.6 Å². The lowest BCUT2D eigenvalue weighted by molar-refractivity contribution is -0.120. The van der Waals surface area contributed by atoms with Crippen molar-refractivity contribution in [3.8, 4) is 5.75 Å². The molecule has 2 amide bonds. The fourth-order valence-electron chi connectivity index (χ4n) is 3.20. The van der Waals surface area contributed by atoms with Crippen LogP contribution in [0.4, 0.5) is 0 Å². The normalized spacial score (nSPS) is 14.7. The third-order valence-electron chi connectivity index (χ3n) is 4.74. The van der Waals surface area contributed by atoms with Crippen LogP contribution in [0.25, 0.3) is 0 Å². The standard InChI is InChI=1S/C21H27N3O3S/c1-2-27-18-7-5-17(6-8-18)16-20(25)22-9-10-23-11-13-24(14-12-23)21(26)19-4-3-15-28-19/h3-8,15H,2,9-14,16H2,1H3,(H,22,25). The van der Waals surface area contributed by atoms with Crippen molar-refractivity contribution >= 4 is 23.2 Å². The summed E-state index contributed by atoms with van der Waals surface area (Å²) in [5, 5.41) is 4.91. The third-order valence-corrected chi connectivity index (χ3v) is 5.60. The number of carbonyl (C=O) groups is 2. The second-order valence-electron chi connectivity index (χ2n) is 6.71. The molecule has 0 aliphatic carbocycles. The van der Waals surface area contributed by atoms with E-state index >= 15 is 0 Å². The molecule has 3 rings (SSSR count). The molecule has 0 atom stereocenters. The van der Waals surface area contributed by atoms with Crippen molar-refractivity contribution in [2.75, 3.05) is 45.9 Å². The molecule has 2 heterocycles. The Hall–Kier alpha value is -2.38. The molecule has 2 aromatic rings. The number of benzene rings is 1. The average molecular weight is 402 g/mol. The van der Waals surface area contributed by atoms with Crippen LogP contribution in [0, 0.1) is 0 Å². The van der Waals surface area contributed by atoms with E-state index in [1.165, 1.54) is 11.3 Å². The van der Waals surface area contributed by atoms with E-state index in [0.717, 1.165) is 48.9 Å². The van der Waals surface area contributed by atoms with Crippen LogP contribution in [0.3, 0.4) is 0 Å². The number of hydrogen-bond acceptors (Lipinski definition) is 5. The molecular formula is C21H27N3O3S. The molecule has 1 saturated heterocycles. The molecule has 0 unspecified atom stereocenters. The van der Waals surface area contributed by atoms with Gasteiger partial charge in [0.1, 0.15) is 5.75 Å². The van der Waals surface area contributed by atoms with Gasteiger partial charge in [0.25, 0.3) is 5.91 Å². The number of thiophene rings is 1. The zero-order valence-electron chi connectivity index (χ0n) is 16.2. The minimum absolute atomic E-state index is 0.0238. The highest BCUT2D eigenvalue weighted by Crippen LogP contribution is 2.14. The molecule has 7 heteroatoms. The second-order valence-corrected chi connectivity index (χ2v) is 7.66. The molecular weight excluding hydrogens is 374 g/mol. The zero-order chi connectivity index (χ0) is 19.8. The van der Waals surface area contributed by atoms with Crippen LogP contribution >= 0.6 is 11.3 Å². The van der Waals surface area contributed by atoms with Gasteiger partial charge >= 0.3 is 0 Å². The molecule has 28 heavy (non-hydrogen) atoms. The maximum Gasteiger partial charge on any atom is 0.264 e. The van der Waals surface area contributed by atoms with Crippen molar-refractivity contribution < 1.29 is 14.3 Å². The van der Waals surface area contributed by atoms with Gasteiger partial charge < -0.3 is 15.0 Å². The molecule has 0 spiro atoms. The number of nitrogens with one attached hydrogen (secondary N) is 1. The first-order chi connectivity index (χ1) is 13.7. The lowest BCUT2D eigenvalue weighted by atomic mass is 10.1. The van der Waals surface area contributed by atoms with Crippen LogP contribution in [0.5, 0.6) is 5.75 Å². The average Bonchev–Trinajstić information content (AvgIpc) is 3.24. The molecule has 1 aliphatic rings. The summed E-state index contributed by atoms with van der Waals surface area (Å²) in [6, 6.07) is 11.4. The number of piperazine rings is 1. The van der Waals surface area contributed by atoms with E-state index in [1.807, 2.05) is 53.6 Å². The largest absolute Gasteiger partial charge is 0.494 e. The molecule has 0 radical (unpaired) electrons. The fourth-order valence-corrected chi connectivity index (χ4v) is 3.89. The molecule has 6 nitrogen and oxygen atoms in total. The van der Waals surface area contributed by atoms with Gasteiger partial charge in [-0.2, -0.15) is 0 Å². The summed E-state index contributed by atoms with van der Waals surface area (Å²) >= 11 is 1.49. The predicted molar refractivity (Wildman–Crippen MR) is 111 cm³/mol. The topological polar surface area (TPSA) is 61.9 Å². The Bertz CT molecular complexity index is 754. The summed E-state index contributed by atoms with van der Waals surface area (Å²) in [4.78, 5) is 29.5. The first kappa shape index (κ1) is 20.4. The molecule has 0 bridgehead atoms. The Morgan fingerprint density at radius 3 is 2.50 bits per heavy atom. The van der Waals surface area contributed by atoms with E-state index in [9.17, 15) is 9.59 Å². The van der Waals surface area contributed by atoms with E-state index < -0.39 is 0 Å². The van der Waals surface area contributed by atoms with Crippen LogP contribution < -0.4 is 10.1 Å². The van der Waals surface area contributed by atoms with Gasteiger partial charge in [-0.25, -0.2) is 0 Å². The smallest absolute Gasteiger partial charge is 0.264 e. The Morgan fingerprint density at radius 1 is 1.11 bits per heavy atom. The Labute approximate surface area is 170 Å². The van der Waals surface area contributed by atoms with Gasteiger partial charge in [-0.05, 0) is 36.1 Å². The summed E-state index contributed by atoms with van der Waals surface area (Å²) in [6.45, 7) is 7.15. The summed E-state index contributed by atoms with van der Waals surface area (Å²) in [5.74, 6) is 0.970. The monoisotopic (exact) mass is 401 g/mol. The number of amides is 2. The molecule has 150 valence electrons.